The Morgan fingerprint density at radius 3 is 2.81 bits per heavy atom. The lowest BCUT2D eigenvalue weighted by molar-refractivity contribution is 0.108. The van der Waals surface area contributed by atoms with Gasteiger partial charge in [-0.15, -0.1) is 0 Å². The van der Waals surface area contributed by atoms with Crippen molar-refractivity contribution in [2.45, 2.75) is 26.3 Å². The summed E-state index contributed by atoms with van der Waals surface area (Å²) in [6.07, 6.45) is 2.78. The first-order chi connectivity index (χ1) is 7.63. The van der Waals surface area contributed by atoms with Crippen LogP contribution in [0.25, 0.3) is 0 Å². The van der Waals surface area contributed by atoms with Crippen molar-refractivity contribution in [1.29, 1.82) is 0 Å². The largest absolute Gasteiger partial charge is 0.314 e. The molecule has 1 rings (SSSR count). The van der Waals surface area contributed by atoms with Crippen molar-refractivity contribution in [1.82, 2.24) is 5.32 Å². The summed E-state index contributed by atoms with van der Waals surface area (Å²) in [5, 5.41) is 3.50. The zero-order valence-corrected chi connectivity index (χ0v) is 10.9. The SMILES string of the molecule is CSC(=O)c1cccc(CCNC(C)C)c1. The molecule has 1 N–H and O–H groups in total. The number of benzene rings is 1. The third-order valence-corrected chi connectivity index (χ3v) is 2.92. The molecule has 0 aliphatic heterocycles. The Kier molecular flexibility index (Phi) is 5.56. The van der Waals surface area contributed by atoms with E-state index in [-0.39, 0.29) is 5.12 Å². The molecule has 0 unspecified atom stereocenters. The van der Waals surface area contributed by atoms with Crippen LogP contribution in [0, 0.1) is 0 Å². The Balaban J connectivity index is 2.57. The number of thioether (sulfide) groups is 1. The Morgan fingerprint density at radius 1 is 1.44 bits per heavy atom. The number of carbonyl (C=O) groups is 1. The molecule has 0 aliphatic rings. The minimum Gasteiger partial charge on any atom is -0.314 e. The van der Waals surface area contributed by atoms with Crippen LogP contribution in [0.15, 0.2) is 24.3 Å². The molecule has 0 heterocycles. The molecule has 0 fully saturated rings. The van der Waals surface area contributed by atoms with E-state index in [2.05, 4.69) is 25.2 Å². The van der Waals surface area contributed by atoms with Crippen molar-refractivity contribution in [2.24, 2.45) is 0 Å². The maximum Gasteiger partial charge on any atom is 0.219 e. The highest BCUT2D eigenvalue weighted by Crippen LogP contribution is 2.11. The Bertz CT molecular complexity index is 350. The zero-order chi connectivity index (χ0) is 12.0. The molecule has 3 heteroatoms. The second kappa shape index (κ2) is 6.71. The van der Waals surface area contributed by atoms with Gasteiger partial charge >= 0.3 is 0 Å². The number of hydrogen-bond acceptors (Lipinski definition) is 3. The zero-order valence-electron chi connectivity index (χ0n) is 10.1. The average molecular weight is 237 g/mol. The van der Waals surface area contributed by atoms with Crippen molar-refractivity contribution >= 4 is 16.9 Å². The molecule has 0 bridgehead atoms. The van der Waals surface area contributed by atoms with Crippen LogP contribution in [0.4, 0.5) is 0 Å². The van der Waals surface area contributed by atoms with Crippen LogP contribution in [0.5, 0.6) is 0 Å². The Hall–Kier alpha value is -0.800. The number of hydrogen-bond donors (Lipinski definition) is 1. The van der Waals surface area contributed by atoms with E-state index in [1.807, 2.05) is 24.5 Å². The molecule has 0 amide bonds. The normalized spacial score (nSPS) is 10.8. The number of rotatable bonds is 5. The van der Waals surface area contributed by atoms with Crippen LogP contribution in [0.1, 0.15) is 29.8 Å². The summed E-state index contributed by atoms with van der Waals surface area (Å²) in [5.74, 6) is 0. The fraction of sp³-hybridized carbons (Fsp3) is 0.462. The molecular weight excluding hydrogens is 218 g/mol. The van der Waals surface area contributed by atoms with Crippen molar-refractivity contribution in [3.8, 4) is 0 Å². The number of nitrogens with one attached hydrogen (secondary N) is 1. The average Bonchev–Trinajstić information content (AvgIpc) is 2.28. The van der Waals surface area contributed by atoms with E-state index in [0.717, 1.165) is 18.5 Å². The standard InChI is InChI=1S/C13H19NOS/c1-10(2)14-8-7-11-5-4-6-12(9-11)13(15)16-3/h4-6,9-10,14H,7-8H2,1-3H3. The second-order valence-corrected chi connectivity index (χ2v) is 4.83. The van der Waals surface area contributed by atoms with E-state index in [0.29, 0.717) is 6.04 Å². The molecule has 88 valence electrons. The Labute approximate surface area is 102 Å². The summed E-state index contributed by atoms with van der Waals surface area (Å²) in [7, 11) is 0. The van der Waals surface area contributed by atoms with Gasteiger partial charge < -0.3 is 5.32 Å². The predicted molar refractivity (Wildman–Crippen MR) is 71.1 cm³/mol. The summed E-state index contributed by atoms with van der Waals surface area (Å²) < 4.78 is 0. The summed E-state index contributed by atoms with van der Waals surface area (Å²) in [6.45, 7) is 5.22. The molecule has 16 heavy (non-hydrogen) atoms. The third kappa shape index (κ3) is 4.37. The van der Waals surface area contributed by atoms with E-state index < -0.39 is 0 Å². The smallest absolute Gasteiger partial charge is 0.219 e. The van der Waals surface area contributed by atoms with Gasteiger partial charge in [-0.05, 0) is 30.9 Å². The fourth-order valence-corrected chi connectivity index (χ4v) is 1.84. The van der Waals surface area contributed by atoms with E-state index >= 15 is 0 Å². The lowest BCUT2D eigenvalue weighted by Gasteiger charge is -2.08. The molecule has 0 radical (unpaired) electrons. The minimum atomic E-state index is 0.138. The summed E-state index contributed by atoms with van der Waals surface area (Å²) >= 11 is 1.26. The predicted octanol–water partition coefficient (Wildman–Crippen LogP) is 2.73. The van der Waals surface area contributed by atoms with Gasteiger partial charge in [0.15, 0.2) is 0 Å². The number of carbonyl (C=O) groups excluding carboxylic acids is 1. The quantitative estimate of drug-likeness (QED) is 0.853. The van der Waals surface area contributed by atoms with Gasteiger partial charge in [0, 0.05) is 11.6 Å². The lowest BCUT2D eigenvalue weighted by Crippen LogP contribution is -2.24. The van der Waals surface area contributed by atoms with Gasteiger partial charge in [0.05, 0.1) is 0 Å². The first-order valence-electron chi connectivity index (χ1n) is 5.54. The molecule has 0 aliphatic carbocycles. The van der Waals surface area contributed by atoms with Crippen LogP contribution in [0.2, 0.25) is 0 Å². The van der Waals surface area contributed by atoms with Gasteiger partial charge in [-0.1, -0.05) is 43.8 Å². The molecule has 0 spiro atoms. The van der Waals surface area contributed by atoms with Gasteiger partial charge in [0.25, 0.3) is 0 Å². The van der Waals surface area contributed by atoms with E-state index in [9.17, 15) is 4.79 Å². The van der Waals surface area contributed by atoms with E-state index in [4.69, 9.17) is 0 Å². The maximum atomic E-state index is 11.5. The van der Waals surface area contributed by atoms with Crippen LogP contribution >= 0.6 is 11.8 Å². The minimum absolute atomic E-state index is 0.138. The molecule has 0 saturated heterocycles. The summed E-state index contributed by atoms with van der Waals surface area (Å²) in [6, 6.07) is 8.39. The van der Waals surface area contributed by atoms with E-state index in [1.165, 1.54) is 17.3 Å². The monoisotopic (exact) mass is 237 g/mol. The van der Waals surface area contributed by atoms with Gasteiger partial charge in [0.2, 0.25) is 5.12 Å². The van der Waals surface area contributed by atoms with Crippen LogP contribution in [-0.2, 0) is 6.42 Å². The first kappa shape index (κ1) is 13.3. The van der Waals surface area contributed by atoms with Crippen molar-refractivity contribution in [3.05, 3.63) is 35.4 Å². The van der Waals surface area contributed by atoms with Crippen molar-refractivity contribution in [3.63, 3.8) is 0 Å². The topological polar surface area (TPSA) is 29.1 Å². The molecule has 1 aromatic rings. The molecule has 0 saturated carbocycles. The van der Waals surface area contributed by atoms with Crippen LogP contribution in [0.3, 0.4) is 0 Å². The molecule has 2 nitrogen and oxygen atoms in total. The van der Waals surface area contributed by atoms with Crippen molar-refractivity contribution in [2.75, 3.05) is 12.8 Å². The summed E-state index contributed by atoms with van der Waals surface area (Å²) in [5.41, 5.74) is 2.02. The van der Waals surface area contributed by atoms with Crippen LogP contribution in [-0.4, -0.2) is 24.0 Å². The third-order valence-electron chi connectivity index (χ3n) is 2.31. The highest BCUT2D eigenvalue weighted by Gasteiger charge is 2.04. The van der Waals surface area contributed by atoms with Gasteiger partial charge in [-0.2, -0.15) is 0 Å². The molecule has 1 aromatic carbocycles. The highest BCUT2D eigenvalue weighted by molar-refractivity contribution is 8.13. The molecular formula is C13H19NOS. The fourth-order valence-electron chi connectivity index (χ4n) is 1.48. The van der Waals surface area contributed by atoms with Gasteiger partial charge in [-0.25, -0.2) is 0 Å². The highest BCUT2D eigenvalue weighted by atomic mass is 32.2. The van der Waals surface area contributed by atoms with Crippen LogP contribution < -0.4 is 5.32 Å². The maximum absolute atomic E-state index is 11.5. The molecule has 0 atom stereocenters. The molecule has 0 aromatic heterocycles. The van der Waals surface area contributed by atoms with E-state index in [1.54, 1.807) is 0 Å². The lowest BCUT2D eigenvalue weighted by atomic mass is 10.1. The van der Waals surface area contributed by atoms with Gasteiger partial charge in [-0.3, -0.25) is 4.79 Å². The van der Waals surface area contributed by atoms with Gasteiger partial charge in [0.1, 0.15) is 0 Å². The second-order valence-electron chi connectivity index (χ2n) is 4.05. The Morgan fingerprint density at radius 2 is 2.19 bits per heavy atom. The van der Waals surface area contributed by atoms with Crippen molar-refractivity contribution < 1.29 is 4.79 Å². The first-order valence-corrected chi connectivity index (χ1v) is 6.76. The summed E-state index contributed by atoms with van der Waals surface area (Å²) in [4.78, 5) is 11.5.